The van der Waals surface area contributed by atoms with Crippen molar-refractivity contribution >= 4 is 16.1 Å². The summed E-state index contributed by atoms with van der Waals surface area (Å²) >= 11 is 0. The fourth-order valence-electron chi connectivity index (χ4n) is 3.43. The maximum atomic E-state index is 4.59. The van der Waals surface area contributed by atoms with Crippen LogP contribution in [0.5, 0.6) is 0 Å². The molecule has 0 unspecified atom stereocenters. The fraction of sp³-hybridized carbons (Fsp3) is 0.167. The summed E-state index contributed by atoms with van der Waals surface area (Å²) in [5.41, 5.74) is 13.9. The summed E-state index contributed by atoms with van der Waals surface area (Å²) in [5, 5.41) is 0. The minimum Gasteiger partial charge on any atom is -0.253 e. The van der Waals surface area contributed by atoms with Crippen LogP contribution in [0.15, 0.2) is 85.2 Å². The molecule has 2 aromatic carbocycles. The first-order valence-electron chi connectivity index (χ1n) is 13.3. The van der Waals surface area contributed by atoms with Gasteiger partial charge in [0.1, 0.15) is 16.1 Å². The van der Waals surface area contributed by atoms with Crippen LogP contribution in [0.1, 0.15) is 33.4 Å². The second-order valence-electron chi connectivity index (χ2n) is 11.5. The first kappa shape index (κ1) is 28.4. The van der Waals surface area contributed by atoms with Gasteiger partial charge in [-0.15, -0.1) is 11.1 Å². The van der Waals surface area contributed by atoms with Crippen molar-refractivity contribution in [1.82, 2.24) is 9.97 Å². The molecule has 0 aliphatic rings. The SMILES string of the molecule is C[Si](C)(C)C#Cc1ccccc1C#Cc1ccc(-c2ccc(C#Cc3ccccc3C#C[Si](C)(C)C)cn2)nc1. The van der Waals surface area contributed by atoms with Crippen molar-refractivity contribution < 1.29 is 0 Å². The first-order valence-corrected chi connectivity index (χ1v) is 20.3. The zero-order valence-electron chi connectivity index (χ0n) is 24.0. The summed E-state index contributed by atoms with van der Waals surface area (Å²) in [7, 11) is -2.92. The summed E-state index contributed by atoms with van der Waals surface area (Å²) < 4.78 is 0. The molecular formula is C36H32N2Si2. The summed E-state index contributed by atoms with van der Waals surface area (Å²) in [6, 6.07) is 23.9. The first-order chi connectivity index (χ1) is 19.1. The van der Waals surface area contributed by atoms with Crippen LogP contribution in [-0.2, 0) is 0 Å². The Morgan fingerprint density at radius 3 is 1.07 bits per heavy atom. The van der Waals surface area contributed by atoms with Crippen LogP contribution < -0.4 is 0 Å². The molecule has 4 aromatic rings. The predicted octanol–water partition coefficient (Wildman–Crippen LogP) is 7.40. The number of benzene rings is 2. The summed E-state index contributed by atoms with van der Waals surface area (Å²) in [6.45, 7) is 13.4. The standard InChI is InChI=1S/C36H32N2Si2/c1-39(2,3)25-23-33-13-9-7-11-31(33)19-15-29-17-21-35(37-27-29)36-22-18-30(28-38-36)16-20-32-12-8-10-14-34(32)24-26-40(4,5)6/h7-14,17-18,21-22,27-28H,1-6H3. The number of aromatic nitrogens is 2. The Morgan fingerprint density at radius 2 is 0.775 bits per heavy atom. The molecule has 2 nitrogen and oxygen atoms in total. The molecule has 2 heterocycles. The zero-order valence-corrected chi connectivity index (χ0v) is 26.0. The van der Waals surface area contributed by atoms with Gasteiger partial charge in [0.05, 0.1) is 11.4 Å². The van der Waals surface area contributed by atoms with Gasteiger partial charge < -0.3 is 0 Å². The van der Waals surface area contributed by atoms with E-state index < -0.39 is 16.1 Å². The molecular weight excluding hydrogens is 517 g/mol. The van der Waals surface area contributed by atoms with Crippen molar-refractivity contribution in [2.45, 2.75) is 39.3 Å². The highest BCUT2D eigenvalue weighted by Gasteiger charge is 2.09. The van der Waals surface area contributed by atoms with Crippen molar-refractivity contribution in [2.75, 3.05) is 0 Å². The quantitative estimate of drug-likeness (QED) is 0.183. The van der Waals surface area contributed by atoms with E-state index in [1.54, 1.807) is 12.4 Å². The van der Waals surface area contributed by atoms with E-state index in [1.165, 1.54) is 0 Å². The van der Waals surface area contributed by atoms with Crippen LogP contribution in [-0.4, -0.2) is 26.1 Å². The van der Waals surface area contributed by atoms with Crippen LogP contribution in [0.2, 0.25) is 39.3 Å². The van der Waals surface area contributed by atoms with Gasteiger partial charge in [-0.05, 0) is 48.5 Å². The Morgan fingerprint density at radius 1 is 0.425 bits per heavy atom. The molecule has 0 amide bonds. The normalized spacial score (nSPS) is 10.4. The lowest BCUT2D eigenvalue weighted by molar-refractivity contribution is 1.24. The fourth-order valence-corrected chi connectivity index (χ4v) is 4.45. The van der Waals surface area contributed by atoms with Gasteiger partial charge in [-0.1, -0.05) is 99.1 Å². The highest BCUT2D eigenvalue weighted by atomic mass is 28.3. The van der Waals surface area contributed by atoms with Gasteiger partial charge in [-0.2, -0.15) is 0 Å². The predicted molar refractivity (Wildman–Crippen MR) is 173 cm³/mol. The third kappa shape index (κ3) is 8.73. The van der Waals surface area contributed by atoms with E-state index in [1.807, 2.05) is 72.8 Å². The van der Waals surface area contributed by atoms with Gasteiger partial charge in [0.25, 0.3) is 0 Å². The molecule has 0 N–H and O–H groups in total. The minimum absolute atomic E-state index is 0.790. The molecule has 4 rings (SSSR count). The number of hydrogen-bond donors (Lipinski definition) is 0. The topological polar surface area (TPSA) is 25.8 Å². The van der Waals surface area contributed by atoms with Crippen molar-refractivity contribution in [3.05, 3.63) is 119 Å². The highest BCUT2D eigenvalue weighted by molar-refractivity contribution is 6.84. The molecule has 4 heteroatoms. The molecule has 0 radical (unpaired) electrons. The average molecular weight is 549 g/mol. The van der Waals surface area contributed by atoms with Crippen LogP contribution >= 0.6 is 0 Å². The number of pyridine rings is 2. The summed E-state index contributed by atoms with van der Waals surface area (Å²) in [4.78, 5) is 9.18. The Kier molecular flexibility index (Phi) is 8.89. The van der Waals surface area contributed by atoms with E-state index in [0.717, 1.165) is 44.8 Å². The maximum absolute atomic E-state index is 4.59. The molecule has 0 atom stereocenters. The lowest BCUT2D eigenvalue weighted by atomic mass is 10.1. The Bertz CT molecular complexity index is 1620. The van der Waals surface area contributed by atoms with E-state index in [4.69, 9.17) is 0 Å². The van der Waals surface area contributed by atoms with Crippen LogP contribution in [0, 0.1) is 46.6 Å². The largest absolute Gasteiger partial charge is 0.253 e. The van der Waals surface area contributed by atoms with E-state index in [2.05, 4.69) is 95.9 Å². The van der Waals surface area contributed by atoms with E-state index >= 15 is 0 Å². The third-order valence-corrected chi connectivity index (χ3v) is 7.22. The van der Waals surface area contributed by atoms with Gasteiger partial charge >= 0.3 is 0 Å². The van der Waals surface area contributed by atoms with E-state index in [0.29, 0.717) is 0 Å². The lowest BCUT2D eigenvalue weighted by Gasteiger charge is -2.04. The van der Waals surface area contributed by atoms with Crippen LogP contribution in [0.3, 0.4) is 0 Å². The van der Waals surface area contributed by atoms with Crippen molar-refractivity contribution in [1.29, 1.82) is 0 Å². The molecule has 2 aromatic heterocycles. The van der Waals surface area contributed by atoms with E-state index in [9.17, 15) is 0 Å². The monoisotopic (exact) mass is 548 g/mol. The van der Waals surface area contributed by atoms with Crippen molar-refractivity contribution in [3.63, 3.8) is 0 Å². The van der Waals surface area contributed by atoms with Crippen molar-refractivity contribution in [2.24, 2.45) is 0 Å². The van der Waals surface area contributed by atoms with Gasteiger partial charge in [0.15, 0.2) is 0 Å². The average Bonchev–Trinajstić information content (AvgIpc) is 2.93. The van der Waals surface area contributed by atoms with Gasteiger partial charge in [0, 0.05) is 45.8 Å². The Labute approximate surface area is 241 Å². The number of hydrogen-bond acceptors (Lipinski definition) is 2. The second kappa shape index (κ2) is 12.5. The molecule has 0 fully saturated rings. The van der Waals surface area contributed by atoms with Crippen LogP contribution in [0.4, 0.5) is 0 Å². The molecule has 0 aliphatic carbocycles. The number of nitrogens with zero attached hydrogens (tertiary/aromatic N) is 2. The number of rotatable bonds is 1. The molecule has 0 saturated carbocycles. The second-order valence-corrected chi connectivity index (χ2v) is 21.0. The van der Waals surface area contributed by atoms with E-state index in [-0.39, 0.29) is 0 Å². The molecule has 40 heavy (non-hydrogen) atoms. The summed E-state index contributed by atoms with van der Waals surface area (Å²) in [6.07, 6.45) is 3.57. The summed E-state index contributed by atoms with van der Waals surface area (Å²) in [5.74, 6) is 19.6. The Hall–Kier alpha value is -4.59. The zero-order chi connectivity index (χ0) is 28.6. The molecule has 0 bridgehead atoms. The highest BCUT2D eigenvalue weighted by Crippen LogP contribution is 2.15. The maximum Gasteiger partial charge on any atom is 0.129 e. The molecule has 0 aliphatic heterocycles. The minimum atomic E-state index is -1.46. The lowest BCUT2D eigenvalue weighted by Crippen LogP contribution is -2.16. The molecule has 194 valence electrons. The van der Waals surface area contributed by atoms with Crippen molar-refractivity contribution in [3.8, 4) is 58.0 Å². The van der Waals surface area contributed by atoms with Gasteiger partial charge in [-0.3, -0.25) is 9.97 Å². The molecule has 0 saturated heterocycles. The third-order valence-electron chi connectivity index (χ3n) is 5.47. The Balaban J connectivity index is 1.49. The van der Waals surface area contributed by atoms with Gasteiger partial charge in [0.2, 0.25) is 0 Å². The molecule has 0 spiro atoms. The smallest absolute Gasteiger partial charge is 0.129 e. The van der Waals surface area contributed by atoms with Gasteiger partial charge in [-0.25, -0.2) is 0 Å². The van der Waals surface area contributed by atoms with Crippen LogP contribution in [0.25, 0.3) is 11.4 Å².